The van der Waals surface area contributed by atoms with E-state index in [4.69, 9.17) is 4.74 Å². The molecule has 0 radical (unpaired) electrons. The molecule has 1 aliphatic heterocycles. The zero-order chi connectivity index (χ0) is 18.6. The number of nitrogens with one attached hydrogen (secondary N) is 1. The van der Waals surface area contributed by atoms with E-state index in [0.29, 0.717) is 18.6 Å². The van der Waals surface area contributed by atoms with Crippen LogP contribution in [0.15, 0.2) is 48.5 Å². The number of ether oxygens (including phenoxy) is 1. The summed E-state index contributed by atoms with van der Waals surface area (Å²) in [4.78, 5) is 24.4. The van der Waals surface area contributed by atoms with Crippen molar-refractivity contribution in [2.24, 2.45) is 0 Å². The maximum Gasteiger partial charge on any atom is 0.315 e. The van der Waals surface area contributed by atoms with Gasteiger partial charge in [0.1, 0.15) is 11.2 Å². The zero-order valence-corrected chi connectivity index (χ0v) is 14.8. The Kier molecular flexibility index (Phi) is 5.26. The third kappa shape index (κ3) is 3.57. The molecule has 0 fully saturated rings. The second-order valence-corrected chi connectivity index (χ2v) is 6.60. The second kappa shape index (κ2) is 7.60. The van der Waals surface area contributed by atoms with Crippen LogP contribution < -0.4 is 10.1 Å². The van der Waals surface area contributed by atoms with Crippen LogP contribution in [0.5, 0.6) is 5.75 Å². The van der Waals surface area contributed by atoms with Gasteiger partial charge in [-0.1, -0.05) is 49.4 Å². The summed E-state index contributed by atoms with van der Waals surface area (Å²) in [6.07, 6.45) is 1.47. The van der Waals surface area contributed by atoms with E-state index in [2.05, 4.69) is 5.32 Å². The van der Waals surface area contributed by atoms with Crippen LogP contribution in [-0.4, -0.2) is 30.1 Å². The van der Waals surface area contributed by atoms with Crippen LogP contribution in [0.2, 0.25) is 0 Å². The number of carbonyl (C=O) groups is 2. The molecule has 5 heteroatoms. The quantitative estimate of drug-likeness (QED) is 0.802. The first-order chi connectivity index (χ1) is 12.5. The largest absolute Gasteiger partial charge is 0.493 e. The minimum absolute atomic E-state index is 0.0652. The molecular weight excluding hydrogens is 330 g/mol. The van der Waals surface area contributed by atoms with Crippen LogP contribution >= 0.6 is 0 Å². The number of rotatable bonds is 7. The number of amides is 1. The van der Waals surface area contributed by atoms with Gasteiger partial charge in [0, 0.05) is 13.0 Å². The molecule has 5 nitrogen and oxygen atoms in total. The van der Waals surface area contributed by atoms with Crippen molar-refractivity contribution in [3.8, 4) is 5.75 Å². The highest BCUT2D eigenvalue weighted by Crippen LogP contribution is 2.28. The first-order valence-electron chi connectivity index (χ1n) is 8.85. The molecule has 0 saturated heterocycles. The molecule has 3 rings (SSSR count). The summed E-state index contributed by atoms with van der Waals surface area (Å²) in [5.74, 6) is -0.228. The first-order valence-corrected chi connectivity index (χ1v) is 8.85. The van der Waals surface area contributed by atoms with E-state index >= 15 is 0 Å². The summed E-state index contributed by atoms with van der Waals surface area (Å²) in [5.41, 5.74) is 1.60. The Balaban J connectivity index is 1.69. The number of carbonyl (C=O) groups excluding carboxylic acids is 1. The van der Waals surface area contributed by atoms with Crippen LogP contribution in [0.1, 0.15) is 30.0 Å². The predicted octanol–water partition coefficient (Wildman–Crippen LogP) is 2.71. The lowest BCUT2D eigenvalue weighted by molar-refractivity contribution is -0.144. The smallest absolute Gasteiger partial charge is 0.315 e. The van der Waals surface area contributed by atoms with E-state index in [1.54, 1.807) is 12.1 Å². The van der Waals surface area contributed by atoms with Gasteiger partial charge >= 0.3 is 5.97 Å². The predicted molar refractivity (Wildman–Crippen MR) is 98.4 cm³/mol. The maximum absolute atomic E-state index is 12.4. The topological polar surface area (TPSA) is 75.6 Å². The molecule has 0 aromatic heterocycles. The highest BCUT2D eigenvalue weighted by Gasteiger charge is 2.38. The van der Waals surface area contributed by atoms with Crippen molar-refractivity contribution >= 4 is 11.9 Å². The third-order valence-corrected chi connectivity index (χ3v) is 5.05. The van der Waals surface area contributed by atoms with Gasteiger partial charge in [-0.3, -0.25) is 9.59 Å². The van der Waals surface area contributed by atoms with Gasteiger partial charge in [-0.15, -0.1) is 0 Å². The summed E-state index contributed by atoms with van der Waals surface area (Å²) >= 11 is 0. The summed E-state index contributed by atoms with van der Waals surface area (Å²) < 4.78 is 5.47. The Hall–Kier alpha value is -2.82. The normalized spacial score (nSPS) is 14.8. The fourth-order valence-electron chi connectivity index (χ4n) is 3.39. The Labute approximate surface area is 153 Å². The molecule has 0 bridgehead atoms. The second-order valence-electron chi connectivity index (χ2n) is 6.60. The van der Waals surface area contributed by atoms with Crippen LogP contribution in [0.25, 0.3) is 0 Å². The molecule has 2 aromatic carbocycles. The molecule has 136 valence electrons. The number of benzene rings is 2. The molecule has 0 spiro atoms. The van der Waals surface area contributed by atoms with Crippen LogP contribution in [0.4, 0.5) is 0 Å². The molecule has 2 aromatic rings. The van der Waals surface area contributed by atoms with Crippen LogP contribution in [-0.2, 0) is 27.8 Å². The van der Waals surface area contributed by atoms with Gasteiger partial charge in [0.2, 0.25) is 5.91 Å². The van der Waals surface area contributed by atoms with Gasteiger partial charge in [0.25, 0.3) is 0 Å². The Morgan fingerprint density at radius 2 is 1.96 bits per heavy atom. The van der Waals surface area contributed by atoms with E-state index < -0.39 is 11.4 Å². The Morgan fingerprint density at radius 1 is 1.19 bits per heavy atom. The summed E-state index contributed by atoms with van der Waals surface area (Å²) in [7, 11) is 0. The van der Waals surface area contributed by atoms with Gasteiger partial charge in [0.15, 0.2) is 0 Å². The number of hydrogen-bond donors (Lipinski definition) is 2. The van der Waals surface area contributed by atoms with E-state index in [1.165, 1.54) is 0 Å². The van der Waals surface area contributed by atoms with Crippen molar-refractivity contribution in [3.63, 3.8) is 0 Å². The lowest BCUT2D eigenvalue weighted by Gasteiger charge is -2.29. The van der Waals surface area contributed by atoms with Gasteiger partial charge in [-0.25, -0.2) is 0 Å². The van der Waals surface area contributed by atoms with Gasteiger partial charge < -0.3 is 15.2 Å². The van der Waals surface area contributed by atoms with Crippen LogP contribution in [0, 0.1) is 0 Å². The van der Waals surface area contributed by atoms with Crippen LogP contribution in [0.3, 0.4) is 0 Å². The van der Waals surface area contributed by atoms with Crippen molar-refractivity contribution in [2.45, 2.75) is 31.6 Å². The molecule has 1 aliphatic rings. The van der Waals surface area contributed by atoms with E-state index in [9.17, 15) is 14.7 Å². The molecule has 1 heterocycles. The highest BCUT2D eigenvalue weighted by atomic mass is 16.5. The number of aliphatic carboxylic acids is 1. The van der Waals surface area contributed by atoms with E-state index in [-0.39, 0.29) is 18.9 Å². The van der Waals surface area contributed by atoms with E-state index in [1.807, 2.05) is 43.3 Å². The standard InChI is InChI=1S/C21H23NO4/c1-2-21(20(24)25,17-6-4-3-5-7-17)14-22-19(23)13-15-8-9-18-16(12-15)10-11-26-18/h3-9,12H,2,10-11,13-14H2,1H3,(H,22,23)(H,24,25). The lowest BCUT2D eigenvalue weighted by atomic mass is 9.78. The number of carboxylic acid groups (broad SMARTS) is 1. The fraction of sp³-hybridized carbons (Fsp3) is 0.333. The van der Waals surface area contributed by atoms with Gasteiger partial charge in [-0.05, 0) is 29.2 Å². The SMILES string of the molecule is CCC(CNC(=O)Cc1ccc2c(c1)CCO2)(C(=O)O)c1ccccc1. The molecule has 2 N–H and O–H groups in total. The minimum Gasteiger partial charge on any atom is -0.493 e. The van der Waals surface area contributed by atoms with Crippen molar-refractivity contribution in [1.29, 1.82) is 0 Å². The average molecular weight is 353 g/mol. The first kappa shape index (κ1) is 18.0. The van der Waals surface area contributed by atoms with E-state index in [0.717, 1.165) is 23.3 Å². The molecule has 26 heavy (non-hydrogen) atoms. The summed E-state index contributed by atoms with van der Waals surface area (Å²) in [6.45, 7) is 2.57. The van der Waals surface area contributed by atoms with Crippen molar-refractivity contribution in [1.82, 2.24) is 5.32 Å². The lowest BCUT2D eigenvalue weighted by Crippen LogP contribution is -2.46. The minimum atomic E-state index is -1.12. The maximum atomic E-state index is 12.4. The Bertz CT molecular complexity index is 803. The number of hydrogen-bond acceptors (Lipinski definition) is 3. The van der Waals surface area contributed by atoms with Gasteiger partial charge in [-0.2, -0.15) is 0 Å². The third-order valence-electron chi connectivity index (χ3n) is 5.05. The van der Waals surface area contributed by atoms with Crippen molar-refractivity contribution in [3.05, 3.63) is 65.2 Å². The van der Waals surface area contributed by atoms with Gasteiger partial charge in [0.05, 0.1) is 13.0 Å². The molecule has 0 aliphatic carbocycles. The molecular formula is C21H23NO4. The molecule has 1 unspecified atom stereocenters. The monoisotopic (exact) mass is 353 g/mol. The highest BCUT2D eigenvalue weighted by molar-refractivity contribution is 5.84. The Morgan fingerprint density at radius 3 is 2.65 bits per heavy atom. The van der Waals surface area contributed by atoms with Crippen molar-refractivity contribution in [2.75, 3.05) is 13.2 Å². The molecule has 1 atom stereocenters. The average Bonchev–Trinajstić information content (AvgIpc) is 3.11. The summed E-state index contributed by atoms with van der Waals surface area (Å²) in [5, 5.41) is 12.6. The van der Waals surface area contributed by atoms with Crippen molar-refractivity contribution < 1.29 is 19.4 Å². The molecule has 1 amide bonds. The molecule has 0 saturated carbocycles. The summed E-state index contributed by atoms with van der Waals surface area (Å²) in [6, 6.07) is 14.8. The zero-order valence-electron chi connectivity index (χ0n) is 14.8. The number of carboxylic acids is 1. The number of fused-ring (bicyclic) bond motifs is 1. The fourth-order valence-corrected chi connectivity index (χ4v) is 3.39.